The lowest BCUT2D eigenvalue weighted by Crippen LogP contribution is -2.25. The van der Waals surface area contributed by atoms with Gasteiger partial charge in [-0.05, 0) is 37.8 Å². The van der Waals surface area contributed by atoms with E-state index >= 15 is 0 Å². The second kappa shape index (κ2) is 8.57. The van der Waals surface area contributed by atoms with Gasteiger partial charge in [-0.15, -0.1) is 10.2 Å². The van der Waals surface area contributed by atoms with E-state index in [1.54, 1.807) is 36.6 Å². The SMILES string of the molecule is CCOC(=O)c1ccc2nc(NC(=O)C(C)n3c(N)nnc3SCC)sc2c1. The average Bonchev–Trinajstić information content (AvgIpc) is 3.23. The molecule has 1 atom stereocenters. The van der Waals surface area contributed by atoms with E-state index in [1.165, 1.54) is 23.1 Å². The van der Waals surface area contributed by atoms with E-state index in [1.807, 2.05) is 6.92 Å². The molecule has 1 unspecified atom stereocenters. The number of thiazole rings is 1. The van der Waals surface area contributed by atoms with Crippen molar-refractivity contribution in [3.05, 3.63) is 23.8 Å². The zero-order valence-corrected chi connectivity index (χ0v) is 17.3. The number of rotatable bonds is 7. The number of carbonyl (C=O) groups excluding carboxylic acids is 2. The van der Waals surface area contributed by atoms with Crippen molar-refractivity contribution in [1.29, 1.82) is 0 Å². The molecule has 1 amide bonds. The van der Waals surface area contributed by atoms with E-state index in [9.17, 15) is 9.59 Å². The summed E-state index contributed by atoms with van der Waals surface area (Å²) in [6, 6.07) is 4.48. The molecule has 0 radical (unpaired) electrons. The van der Waals surface area contributed by atoms with Crippen molar-refractivity contribution in [2.24, 2.45) is 0 Å². The number of carbonyl (C=O) groups is 2. The second-order valence-electron chi connectivity index (χ2n) is 5.73. The van der Waals surface area contributed by atoms with Crippen LogP contribution in [0.3, 0.4) is 0 Å². The summed E-state index contributed by atoms with van der Waals surface area (Å²) in [5.74, 6) is 0.296. The van der Waals surface area contributed by atoms with Crippen LogP contribution in [-0.4, -0.2) is 44.0 Å². The fourth-order valence-electron chi connectivity index (χ4n) is 2.53. The molecule has 0 bridgehead atoms. The van der Waals surface area contributed by atoms with Gasteiger partial charge in [0.25, 0.3) is 0 Å². The lowest BCUT2D eigenvalue weighted by molar-refractivity contribution is -0.118. The van der Waals surface area contributed by atoms with Crippen molar-refractivity contribution in [3.63, 3.8) is 0 Å². The van der Waals surface area contributed by atoms with Gasteiger partial charge in [0.05, 0.1) is 22.4 Å². The van der Waals surface area contributed by atoms with Crippen LogP contribution in [0, 0.1) is 0 Å². The Morgan fingerprint density at radius 1 is 1.36 bits per heavy atom. The van der Waals surface area contributed by atoms with Crippen molar-refractivity contribution in [3.8, 4) is 0 Å². The standard InChI is InChI=1S/C17H20N6O3S2/c1-4-26-14(25)10-6-7-11-12(8-10)28-16(19-11)20-13(24)9(3)23-15(18)21-22-17(23)27-5-2/h6-9H,4-5H2,1-3H3,(H2,18,21)(H,19,20,24). The third kappa shape index (κ3) is 4.09. The maximum atomic E-state index is 12.7. The Labute approximate surface area is 169 Å². The number of amides is 1. The van der Waals surface area contributed by atoms with Crippen molar-refractivity contribution in [2.45, 2.75) is 32.0 Å². The first-order valence-electron chi connectivity index (χ1n) is 8.66. The van der Waals surface area contributed by atoms with Gasteiger partial charge in [0, 0.05) is 0 Å². The van der Waals surface area contributed by atoms with E-state index in [-0.39, 0.29) is 17.8 Å². The number of nitrogens with one attached hydrogen (secondary N) is 1. The first kappa shape index (κ1) is 20.1. The zero-order chi connectivity index (χ0) is 20.3. The Morgan fingerprint density at radius 2 is 2.14 bits per heavy atom. The molecule has 0 spiro atoms. The number of hydrogen-bond acceptors (Lipinski definition) is 9. The number of esters is 1. The van der Waals surface area contributed by atoms with Crippen LogP contribution < -0.4 is 11.1 Å². The second-order valence-corrected chi connectivity index (χ2v) is 7.99. The molecule has 3 rings (SSSR count). The minimum atomic E-state index is -0.605. The molecular formula is C17H20N6O3S2. The highest BCUT2D eigenvalue weighted by Gasteiger charge is 2.23. The van der Waals surface area contributed by atoms with Gasteiger partial charge < -0.3 is 15.8 Å². The predicted molar refractivity (Wildman–Crippen MR) is 110 cm³/mol. The van der Waals surface area contributed by atoms with Crippen LogP contribution in [0.5, 0.6) is 0 Å². The number of fused-ring (bicyclic) bond motifs is 1. The van der Waals surface area contributed by atoms with Crippen LogP contribution in [0.25, 0.3) is 10.2 Å². The first-order valence-corrected chi connectivity index (χ1v) is 10.5. The molecular weight excluding hydrogens is 400 g/mol. The van der Waals surface area contributed by atoms with Gasteiger partial charge >= 0.3 is 5.97 Å². The largest absolute Gasteiger partial charge is 0.462 e. The zero-order valence-electron chi connectivity index (χ0n) is 15.6. The van der Waals surface area contributed by atoms with Gasteiger partial charge in [-0.3, -0.25) is 9.36 Å². The monoisotopic (exact) mass is 420 g/mol. The van der Waals surface area contributed by atoms with Crippen LogP contribution in [-0.2, 0) is 9.53 Å². The summed E-state index contributed by atoms with van der Waals surface area (Å²) in [5, 5.41) is 11.7. The molecule has 28 heavy (non-hydrogen) atoms. The highest BCUT2D eigenvalue weighted by atomic mass is 32.2. The molecule has 1 aromatic carbocycles. The van der Waals surface area contributed by atoms with Gasteiger partial charge in [-0.1, -0.05) is 30.0 Å². The lowest BCUT2D eigenvalue weighted by atomic mass is 10.2. The molecule has 2 heterocycles. The summed E-state index contributed by atoms with van der Waals surface area (Å²) in [5.41, 5.74) is 7.01. The summed E-state index contributed by atoms with van der Waals surface area (Å²) in [7, 11) is 0. The molecule has 3 aromatic rings. The summed E-state index contributed by atoms with van der Waals surface area (Å²) in [6.45, 7) is 5.77. The van der Waals surface area contributed by atoms with E-state index < -0.39 is 6.04 Å². The van der Waals surface area contributed by atoms with Crippen molar-refractivity contribution >= 4 is 56.3 Å². The number of benzene rings is 1. The lowest BCUT2D eigenvalue weighted by Gasteiger charge is -2.15. The molecule has 0 aliphatic heterocycles. The van der Waals surface area contributed by atoms with Gasteiger partial charge in [0.2, 0.25) is 11.9 Å². The van der Waals surface area contributed by atoms with Crippen molar-refractivity contribution in [2.75, 3.05) is 23.4 Å². The Kier molecular flexibility index (Phi) is 6.15. The number of hydrogen-bond donors (Lipinski definition) is 2. The van der Waals surface area contributed by atoms with E-state index in [0.717, 1.165) is 10.5 Å². The quantitative estimate of drug-likeness (QED) is 0.441. The van der Waals surface area contributed by atoms with E-state index in [4.69, 9.17) is 10.5 Å². The smallest absolute Gasteiger partial charge is 0.338 e. The van der Waals surface area contributed by atoms with Crippen LogP contribution in [0.2, 0.25) is 0 Å². The molecule has 0 saturated heterocycles. The molecule has 2 aromatic heterocycles. The molecule has 11 heteroatoms. The predicted octanol–water partition coefficient (Wildman–Crippen LogP) is 2.96. The summed E-state index contributed by atoms with van der Waals surface area (Å²) in [4.78, 5) is 29.0. The number of nitrogen functional groups attached to an aromatic ring is 1. The molecule has 0 saturated carbocycles. The summed E-state index contributed by atoms with van der Waals surface area (Å²) in [6.07, 6.45) is 0. The van der Waals surface area contributed by atoms with Crippen LogP contribution in [0.15, 0.2) is 23.4 Å². The minimum absolute atomic E-state index is 0.182. The van der Waals surface area contributed by atoms with Crippen LogP contribution in [0.4, 0.5) is 11.1 Å². The Morgan fingerprint density at radius 3 is 2.86 bits per heavy atom. The molecule has 148 valence electrons. The number of aromatic nitrogens is 4. The number of anilines is 2. The third-order valence-corrected chi connectivity index (χ3v) is 5.62. The average molecular weight is 421 g/mol. The normalized spacial score (nSPS) is 12.1. The van der Waals surface area contributed by atoms with Gasteiger partial charge in [-0.2, -0.15) is 0 Å². The maximum absolute atomic E-state index is 12.7. The van der Waals surface area contributed by atoms with Gasteiger partial charge in [0.15, 0.2) is 10.3 Å². The first-order chi connectivity index (χ1) is 13.4. The van der Waals surface area contributed by atoms with Crippen molar-refractivity contribution < 1.29 is 14.3 Å². The summed E-state index contributed by atoms with van der Waals surface area (Å²) < 4.78 is 7.38. The topological polar surface area (TPSA) is 125 Å². The molecule has 0 aliphatic carbocycles. The Balaban J connectivity index is 1.79. The number of nitrogens with zero attached hydrogens (tertiary/aromatic N) is 4. The number of nitrogens with two attached hydrogens (primary N) is 1. The maximum Gasteiger partial charge on any atom is 0.338 e. The van der Waals surface area contributed by atoms with E-state index in [2.05, 4.69) is 20.5 Å². The van der Waals surface area contributed by atoms with Gasteiger partial charge in [-0.25, -0.2) is 9.78 Å². The fraction of sp³-hybridized carbons (Fsp3) is 0.353. The Bertz CT molecular complexity index is 1020. The highest BCUT2D eigenvalue weighted by Crippen LogP contribution is 2.29. The van der Waals surface area contributed by atoms with Crippen LogP contribution >= 0.6 is 23.1 Å². The molecule has 3 N–H and O–H groups in total. The fourth-order valence-corrected chi connectivity index (χ4v) is 4.18. The van der Waals surface area contributed by atoms with Crippen molar-refractivity contribution in [1.82, 2.24) is 19.7 Å². The molecule has 0 aliphatic rings. The number of thioether (sulfide) groups is 1. The summed E-state index contributed by atoms with van der Waals surface area (Å²) >= 11 is 2.74. The van der Waals surface area contributed by atoms with Crippen LogP contribution in [0.1, 0.15) is 37.2 Å². The molecule has 0 fully saturated rings. The van der Waals surface area contributed by atoms with Gasteiger partial charge in [0.1, 0.15) is 6.04 Å². The Hall–Kier alpha value is -2.66. The highest BCUT2D eigenvalue weighted by molar-refractivity contribution is 7.99. The van der Waals surface area contributed by atoms with E-state index in [0.29, 0.717) is 28.0 Å². The molecule has 9 nitrogen and oxygen atoms in total. The number of ether oxygens (including phenoxy) is 1. The minimum Gasteiger partial charge on any atom is -0.462 e. The third-order valence-electron chi connectivity index (χ3n) is 3.86.